The number of unbranched alkanes of at least 4 members (excludes halogenated alkanes) is 1. The Morgan fingerprint density at radius 2 is 1.12 bits per heavy atom. The fraction of sp³-hybridized carbons (Fsp3) is 0.804. The molecule has 5 fully saturated rings. The Hall–Kier alpha value is -2.60. The quantitative estimate of drug-likeness (QED) is 0.0117. The van der Waals surface area contributed by atoms with Crippen molar-refractivity contribution in [3.63, 3.8) is 0 Å². The van der Waals surface area contributed by atoms with Gasteiger partial charge in [-0.1, -0.05) is 297 Å². The lowest BCUT2D eigenvalue weighted by Crippen LogP contribution is -2.47. The number of rotatable bonds is 46. The minimum absolute atomic E-state index is 0.0131. The molecule has 16 unspecified atom stereocenters. The number of hydrogen-bond donors (Lipinski definition) is 12. The second-order valence-electron chi connectivity index (χ2n) is 41.0. The first-order chi connectivity index (χ1) is 64.6. The van der Waals surface area contributed by atoms with Crippen LogP contribution in [0.25, 0.3) is 0 Å². The van der Waals surface area contributed by atoms with Crippen molar-refractivity contribution in [1.29, 1.82) is 0 Å². The predicted octanol–water partition coefficient (Wildman–Crippen LogP) is 21.7. The summed E-state index contributed by atoms with van der Waals surface area (Å²) >= 11 is 9.89. The number of aliphatic hydroxyl groups is 1. The zero-order valence-electron chi connectivity index (χ0n) is 90.5. The van der Waals surface area contributed by atoms with Crippen molar-refractivity contribution >= 4 is 194 Å². The van der Waals surface area contributed by atoms with Gasteiger partial charge in [-0.15, -0.1) is 35.3 Å². The Bertz CT molecular complexity index is 3730. The molecule has 25 nitrogen and oxygen atoms in total. The SMILES string of the molecule is CC(=O)N1C(C(C)C)CSC1(C)C.CC(=O)N1C(C)SCC1C(C)C.CC(=O)NC(CS)C(C)C.CC(=O)NC(CSSCC(NC(C)=O)C(C)C)C(=O)O.CC(C)C(N)CSSCC(N)C(=O)O.CC(C)CCCCC(CSSCC(C)C(O)N1CCCC1C(=O)O)SSCC(C)C(=O)N1CCCC1C(=O)O.CC1=C(/C=C/C(C)=C/C=C/C(C)=C/C(C)C)C(C)(C)CCC1.CC1NC(C(C)C)CS1. The van der Waals surface area contributed by atoms with Crippen molar-refractivity contribution in [2.75, 3.05) is 76.4 Å². The molecule has 6 aliphatic rings. The van der Waals surface area contributed by atoms with Crippen molar-refractivity contribution in [2.24, 2.45) is 76.1 Å². The normalized spacial score (nSPS) is 21.7. The number of nitrogens with zero attached hydrogens (tertiary/aromatic N) is 4. The van der Waals surface area contributed by atoms with Crippen molar-refractivity contribution in [2.45, 2.75) is 380 Å². The molecule has 5 heterocycles. The Morgan fingerprint density at radius 3 is 1.58 bits per heavy atom. The van der Waals surface area contributed by atoms with Crippen LogP contribution in [0.1, 0.15) is 292 Å². The van der Waals surface area contributed by atoms with Gasteiger partial charge < -0.3 is 73.0 Å². The van der Waals surface area contributed by atoms with Gasteiger partial charge in [0.25, 0.3) is 0 Å². The van der Waals surface area contributed by atoms with Gasteiger partial charge in [0.1, 0.15) is 30.4 Å². The topological polar surface area (TPSA) is 385 Å². The summed E-state index contributed by atoms with van der Waals surface area (Å²) in [5.74, 6) is 9.16. The van der Waals surface area contributed by atoms with Crippen LogP contribution in [0.2, 0.25) is 0 Å². The molecule has 0 aromatic carbocycles. The Kier molecular flexibility index (Phi) is 74.8. The van der Waals surface area contributed by atoms with Crippen molar-refractivity contribution in [3.05, 3.63) is 58.7 Å². The molecule has 0 radical (unpaired) electrons. The number of nitrogens with one attached hydrogen (secondary N) is 4. The number of likely N-dealkylation sites (tertiary alicyclic amines) is 2. The van der Waals surface area contributed by atoms with E-state index in [2.05, 4.69) is 230 Å². The number of carboxylic acids is 4. The highest BCUT2D eigenvalue weighted by atomic mass is 33.1. The summed E-state index contributed by atoms with van der Waals surface area (Å²) in [5, 5.41) is 60.1. The van der Waals surface area contributed by atoms with Crippen LogP contribution in [0.3, 0.4) is 0 Å². The van der Waals surface area contributed by atoms with E-state index in [9.17, 15) is 63.3 Å². The minimum Gasteiger partial charge on any atom is -0.480 e. The van der Waals surface area contributed by atoms with Gasteiger partial charge in [0, 0.05) is 164 Å². The highest BCUT2D eigenvalue weighted by molar-refractivity contribution is 8.78. The maximum absolute atomic E-state index is 12.9. The predicted molar refractivity (Wildman–Crippen MR) is 614 cm³/mol. The minimum atomic E-state index is -1.05. The number of amides is 6. The van der Waals surface area contributed by atoms with Gasteiger partial charge in [-0.25, -0.2) is 9.59 Å². The molecule has 13 N–H and O–H groups in total. The van der Waals surface area contributed by atoms with E-state index in [0.717, 1.165) is 60.0 Å². The fourth-order valence-electron chi connectivity index (χ4n) is 15.4. The number of nitrogens with two attached hydrogens (primary N) is 2. The molecule has 0 spiro atoms. The van der Waals surface area contributed by atoms with Crippen LogP contribution in [0, 0.1) is 64.6 Å². The summed E-state index contributed by atoms with van der Waals surface area (Å²) in [5.41, 5.74) is 17.2. The number of thiol groups is 1. The average Bonchev–Trinajstić information content (AvgIpc) is 1.67. The molecule has 808 valence electrons. The van der Waals surface area contributed by atoms with Gasteiger partial charge in [0.2, 0.25) is 35.4 Å². The Morgan fingerprint density at radius 1 is 0.576 bits per heavy atom. The van der Waals surface area contributed by atoms with Gasteiger partial charge in [-0.2, -0.15) is 12.6 Å². The first-order valence-electron chi connectivity index (χ1n) is 49.8. The first kappa shape index (κ1) is 138. The van der Waals surface area contributed by atoms with Crippen LogP contribution < -0.4 is 32.7 Å². The molecule has 0 aromatic rings. The van der Waals surface area contributed by atoms with Gasteiger partial charge in [-0.3, -0.25) is 43.3 Å². The maximum atomic E-state index is 12.9. The standard InChI is InChI=1S/C27H48N2O6S4.C22H34.C12H22N2O4S2.C10H19NOS.C9H17NOS.C8H18N2O2S2.C7H15NOS.C7H15NS/c1-18(2)9-5-6-10-21(39-38-16-20(4)25(31)29-14-8-12-23(29)27(34)35)17-37-36-15-19(3)24(30)28-13-7-11-22(28)26(32)33;1-17(2)16-19(4)11-8-10-18(3)13-14-21-20(5)12-9-15-22(21,6)7;1-7(2)10(13-8(3)15)5-19-20-6-11(12(17)18)14-9(4)16;1-7(2)9-6-13-10(4,5)11(9)8(3)12;1-6(2)9-5-12-8(4)10(9)7(3)11;1-5(2)6(9)3-13-14-4-7(10)8(11)12;1-5(2)7(4-10)8-6(3)9;1-5(2)7-4-9-6(3)8-7/h18-24,30H,5-17H2,1-4H3,(H,32,33)(H,34,35);8,10-11,13-14,16-17H,9,12,15H2,1-7H3;7,10-11H,5-6H2,1-4H3,(H,13,15)(H,14,16)(H,17,18);7,9H,6H2,1-5H3;6,8-9H,5H2,1-4H3;5-7H,3-4,9-10H2,1-2H3,(H,11,12);5,7,10H,4H2,1-3H3,(H,8,9);5-8H,4H2,1-3H3/b;11-8+,14-13+,18-10+,19-16+;;;;;;. The van der Waals surface area contributed by atoms with Crippen LogP contribution >= 0.6 is 134 Å². The number of aliphatic carboxylic acids is 4. The second kappa shape index (κ2) is 75.2. The summed E-state index contributed by atoms with van der Waals surface area (Å²) in [6.45, 7) is 67.1. The van der Waals surface area contributed by atoms with Gasteiger partial charge in [0.05, 0.1) is 15.6 Å². The third-order valence-electron chi connectivity index (χ3n) is 24.2. The number of allylic oxidation sites excluding steroid dienone is 10. The summed E-state index contributed by atoms with van der Waals surface area (Å²) in [4.78, 5) is 120. The van der Waals surface area contributed by atoms with E-state index in [0.29, 0.717) is 124 Å². The highest BCUT2D eigenvalue weighted by Gasteiger charge is 2.44. The number of aliphatic hydroxyl groups excluding tert-OH is 1. The van der Waals surface area contributed by atoms with E-state index < -0.39 is 54.3 Å². The summed E-state index contributed by atoms with van der Waals surface area (Å²) in [6.07, 6.45) is 24.0. The van der Waals surface area contributed by atoms with Gasteiger partial charge >= 0.3 is 23.9 Å². The monoisotopic (exact) mass is 2180 g/mol. The van der Waals surface area contributed by atoms with Crippen molar-refractivity contribution < 1.29 is 73.5 Å². The maximum Gasteiger partial charge on any atom is 0.327 e. The molecule has 6 rings (SSSR count). The Labute approximate surface area is 891 Å². The molecule has 37 heteroatoms. The number of carbonyl (C=O) groups excluding carboxylic acids is 6. The largest absolute Gasteiger partial charge is 0.480 e. The van der Waals surface area contributed by atoms with Crippen molar-refractivity contribution in [1.82, 2.24) is 40.9 Å². The molecule has 16 atom stereocenters. The summed E-state index contributed by atoms with van der Waals surface area (Å²) in [6, 6.07) is -0.890. The number of hydrogen-bond acceptors (Lipinski definition) is 27. The van der Waals surface area contributed by atoms with E-state index in [1.807, 2.05) is 83.6 Å². The summed E-state index contributed by atoms with van der Waals surface area (Å²) in [7, 11) is 13.0. The molecule has 5 aliphatic heterocycles. The molecule has 139 heavy (non-hydrogen) atoms. The van der Waals surface area contributed by atoms with Crippen LogP contribution in [-0.4, -0.2) is 268 Å². The van der Waals surface area contributed by atoms with Crippen LogP contribution in [-0.2, 0) is 47.9 Å². The molecular formula is C102H188N10O15S12. The van der Waals surface area contributed by atoms with Gasteiger partial charge in [0.15, 0.2) is 0 Å². The molecule has 0 bridgehead atoms. The summed E-state index contributed by atoms with van der Waals surface area (Å²) < 4.78 is 0. The van der Waals surface area contributed by atoms with Crippen LogP contribution in [0.15, 0.2) is 58.7 Å². The molecular weight excluding hydrogens is 1990 g/mol. The molecule has 6 amide bonds. The van der Waals surface area contributed by atoms with E-state index in [4.69, 9.17) is 21.7 Å². The van der Waals surface area contributed by atoms with Gasteiger partial charge in [-0.05, 0) is 158 Å². The highest BCUT2D eigenvalue weighted by Crippen LogP contribution is 2.44. The van der Waals surface area contributed by atoms with Crippen LogP contribution in [0.5, 0.6) is 0 Å². The zero-order chi connectivity index (χ0) is 107. The lowest BCUT2D eigenvalue weighted by atomic mass is 9.72. The average molecular weight is 2180 g/mol. The first-order valence-corrected chi connectivity index (χ1v) is 63.4. The van der Waals surface area contributed by atoms with E-state index in [1.54, 1.807) is 72.4 Å². The third kappa shape index (κ3) is 60.6. The molecule has 0 saturated carbocycles. The lowest BCUT2D eigenvalue weighted by Gasteiger charge is -2.35. The number of carbonyl (C=O) groups is 10. The van der Waals surface area contributed by atoms with E-state index in [1.165, 1.54) is 114 Å². The zero-order valence-corrected chi connectivity index (χ0v) is 100. The fourth-order valence-corrected chi connectivity index (χ4v) is 31.7. The molecule has 5 saturated heterocycles. The smallest absolute Gasteiger partial charge is 0.327 e. The van der Waals surface area contributed by atoms with Crippen molar-refractivity contribution in [3.8, 4) is 0 Å². The lowest BCUT2D eigenvalue weighted by molar-refractivity contribution is -0.149. The Balaban J connectivity index is 0. The molecule has 1 aliphatic carbocycles. The van der Waals surface area contributed by atoms with E-state index >= 15 is 0 Å². The van der Waals surface area contributed by atoms with Crippen LogP contribution in [0.4, 0.5) is 0 Å². The number of carboxylic acid groups (broad SMARTS) is 4. The number of thioether (sulfide) groups is 3. The third-order valence-corrected chi connectivity index (χ3v) is 39.3. The second-order valence-corrected chi connectivity index (χ2v) is 56.1. The van der Waals surface area contributed by atoms with E-state index in [-0.39, 0.29) is 76.0 Å². The molecule has 0 aromatic heterocycles.